The molecule has 2 aromatic rings. The summed E-state index contributed by atoms with van der Waals surface area (Å²) >= 11 is 6.07. The Balaban J connectivity index is 2.19. The minimum atomic E-state index is -0.468. The predicted molar refractivity (Wildman–Crippen MR) is 88.4 cm³/mol. The number of ether oxygens (including phenoxy) is 2. The molecule has 6 heteroatoms. The van der Waals surface area contributed by atoms with Crippen LogP contribution >= 0.6 is 11.6 Å². The number of anilines is 1. The van der Waals surface area contributed by atoms with E-state index in [1.54, 1.807) is 44.4 Å². The standard InChI is InChI=1S/C17H16ClNO4/c1-3-23-17(21)12-6-9-14(18)15(10-12)19-16(20)11-4-7-13(22-2)8-5-11/h4-10H,3H2,1-2H3,(H,19,20). The van der Waals surface area contributed by atoms with Gasteiger partial charge in [-0.05, 0) is 49.4 Å². The van der Waals surface area contributed by atoms with Crippen LogP contribution in [-0.4, -0.2) is 25.6 Å². The minimum absolute atomic E-state index is 0.273. The fourth-order valence-corrected chi connectivity index (χ4v) is 2.06. The Bertz CT molecular complexity index is 713. The minimum Gasteiger partial charge on any atom is -0.497 e. The van der Waals surface area contributed by atoms with Crippen molar-refractivity contribution in [1.29, 1.82) is 0 Å². The molecule has 23 heavy (non-hydrogen) atoms. The summed E-state index contributed by atoms with van der Waals surface area (Å²) in [5.74, 6) is -0.149. The van der Waals surface area contributed by atoms with Crippen molar-refractivity contribution in [2.75, 3.05) is 19.0 Å². The van der Waals surface area contributed by atoms with Gasteiger partial charge in [-0.1, -0.05) is 11.6 Å². The van der Waals surface area contributed by atoms with E-state index in [9.17, 15) is 9.59 Å². The molecule has 0 radical (unpaired) electrons. The number of hydrogen-bond acceptors (Lipinski definition) is 4. The van der Waals surface area contributed by atoms with Crippen LogP contribution in [0.1, 0.15) is 27.6 Å². The Morgan fingerprint density at radius 3 is 2.35 bits per heavy atom. The second-order valence-electron chi connectivity index (χ2n) is 4.60. The van der Waals surface area contributed by atoms with Crippen molar-refractivity contribution in [3.8, 4) is 5.75 Å². The number of halogens is 1. The van der Waals surface area contributed by atoms with Gasteiger partial charge in [-0.25, -0.2) is 4.79 Å². The fourth-order valence-electron chi connectivity index (χ4n) is 1.90. The maximum absolute atomic E-state index is 12.2. The first kappa shape index (κ1) is 16.8. The van der Waals surface area contributed by atoms with Crippen molar-refractivity contribution in [2.24, 2.45) is 0 Å². The predicted octanol–water partition coefficient (Wildman–Crippen LogP) is 3.78. The van der Waals surface area contributed by atoms with Crippen LogP contribution in [0.4, 0.5) is 5.69 Å². The van der Waals surface area contributed by atoms with E-state index < -0.39 is 5.97 Å². The van der Waals surface area contributed by atoms with Crippen LogP contribution in [0.5, 0.6) is 5.75 Å². The summed E-state index contributed by atoms with van der Waals surface area (Å²) in [4.78, 5) is 24.0. The topological polar surface area (TPSA) is 64.6 Å². The maximum atomic E-state index is 12.2. The highest BCUT2D eigenvalue weighted by Crippen LogP contribution is 2.24. The summed E-state index contributed by atoms with van der Waals surface area (Å²) in [5.41, 5.74) is 1.11. The molecular formula is C17H16ClNO4. The molecule has 0 aliphatic rings. The fraction of sp³-hybridized carbons (Fsp3) is 0.176. The number of carbonyl (C=O) groups excluding carboxylic acids is 2. The Kier molecular flexibility index (Phi) is 5.60. The van der Waals surface area contributed by atoms with Crippen LogP contribution in [0, 0.1) is 0 Å². The molecule has 0 heterocycles. The average molecular weight is 334 g/mol. The molecular weight excluding hydrogens is 318 g/mol. The van der Waals surface area contributed by atoms with E-state index in [4.69, 9.17) is 21.1 Å². The van der Waals surface area contributed by atoms with E-state index in [0.29, 0.717) is 27.6 Å². The van der Waals surface area contributed by atoms with Crippen molar-refractivity contribution >= 4 is 29.2 Å². The largest absolute Gasteiger partial charge is 0.497 e. The van der Waals surface area contributed by atoms with Crippen molar-refractivity contribution in [1.82, 2.24) is 0 Å². The van der Waals surface area contributed by atoms with Crippen molar-refractivity contribution in [3.63, 3.8) is 0 Å². The van der Waals surface area contributed by atoms with E-state index >= 15 is 0 Å². The van der Waals surface area contributed by atoms with Gasteiger partial charge in [0.2, 0.25) is 0 Å². The third-order valence-electron chi connectivity index (χ3n) is 3.08. The van der Waals surface area contributed by atoms with Crippen molar-refractivity contribution in [2.45, 2.75) is 6.92 Å². The van der Waals surface area contributed by atoms with Gasteiger partial charge in [-0.3, -0.25) is 4.79 Å². The summed E-state index contributed by atoms with van der Waals surface area (Å²) in [6, 6.07) is 11.2. The molecule has 2 aromatic carbocycles. The zero-order valence-electron chi connectivity index (χ0n) is 12.8. The molecule has 0 atom stereocenters. The first-order valence-corrected chi connectivity index (χ1v) is 7.35. The second kappa shape index (κ2) is 7.65. The molecule has 0 bridgehead atoms. The number of rotatable bonds is 5. The van der Waals surface area contributed by atoms with Crippen LogP contribution in [0.2, 0.25) is 5.02 Å². The van der Waals surface area contributed by atoms with Crippen LogP contribution in [0.15, 0.2) is 42.5 Å². The number of amides is 1. The zero-order valence-corrected chi connectivity index (χ0v) is 13.5. The quantitative estimate of drug-likeness (QED) is 0.846. The molecule has 1 amide bonds. The van der Waals surface area contributed by atoms with Crippen LogP contribution < -0.4 is 10.1 Å². The molecule has 0 saturated heterocycles. The van der Waals surface area contributed by atoms with Crippen LogP contribution in [0.3, 0.4) is 0 Å². The van der Waals surface area contributed by atoms with Gasteiger partial charge < -0.3 is 14.8 Å². The highest BCUT2D eigenvalue weighted by molar-refractivity contribution is 6.34. The highest BCUT2D eigenvalue weighted by atomic mass is 35.5. The lowest BCUT2D eigenvalue weighted by molar-refractivity contribution is 0.0526. The van der Waals surface area contributed by atoms with Crippen molar-refractivity contribution < 1.29 is 19.1 Å². The molecule has 0 fully saturated rings. The molecule has 0 aliphatic heterocycles. The van der Waals surface area contributed by atoms with Gasteiger partial charge >= 0.3 is 5.97 Å². The Labute approximate surface area is 139 Å². The summed E-state index contributed by atoms with van der Waals surface area (Å²) < 4.78 is 9.98. The van der Waals surface area contributed by atoms with E-state index in [1.807, 2.05) is 0 Å². The number of benzene rings is 2. The molecule has 5 nitrogen and oxygen atoms in total. The Morgan fingerprint density at radius 2 is 1.74 bits per heavy atom. The molecule has 0 saturated carbocycles. The third-order valence-corrected chi connectivity index (χ3v) is 3.41. The van der Waals surface area contributed by atoms with Gasteiger partial charge in [-0.2, -0.15) is 0 Å². The van der Waals surface area contributed by atoms with Gasteiger partial charge in [-0.15, -0.1) is 0 Å². The highest BCUT2D eigenvalue weighted by Gasteiger charge is 2.13. The van der Waals surface area contributed by atoms with Crippen molar-refractivity contribution in [3.05, 3.63) is 58.6 Å². The molecule has 2 rings (SSSR count). The third kappa shape index (κ3) is 4.23. The van der Waals surface area contributed by atoms with Gasteiger partial charge in [0.25, 0.3) is 5.91 Å². The smallest absolute Gasteiger partial charge is 0.338 e. The SMILES string of the molecule is CCOC(=O)c1ccc(Cl)c(NC(=O)c2ccc(OC)cc2)c1. The summed E-state index contributed by atoms with van der Waals surface area (Å²) in [5, 5.41) is 3.02. The second-order valence-corrected chi connectivity index (χ2v) is 5.00. The number of esters is 1. The first-order chi connectivity index (χ1) is 11.0. The molecule has 0 unspecified atom stereocenters. The first-order valence-electron chi connectivity index (χ1n) is 6.97. The normalized spacial score (nSPS) is 10.0. The van der Waals surface area contributed by atoms with Crippen LogP contribution in [-0.2, 0) is 4.74 Å². The number of nitrogens with one attached hydrogen (secondary N) is 1. The van der Waals surface area contributed by atoms with E-state index in [1.165, 1.54) is 12.1 Å². The van der Waals surface area contributed by atoms with E-state index in [-0.39, 0.29) is 12.5 Å². The van der Waals surface area contributed by atoms with Crippen LogP contribution in [0.25, 0.3) is 0 Å². The Morgan fingerprint density at radius 1 is 1.09 bits per heavy atom. The van der Waals surface area contributed by atoms with Gasteiger partial charge in [0.15, 0.2) is 0 Å². The lowest BCUT2D eigenvalue weighted by atomic mass is 10.1. The van der Waals surface area contributed by atoms with Gasteiger partial charge in [0.1, 0.15) is 5.75 Å². The molecule has 120 valence electrons. The van der Waals surface area contributed by atoms with E-state index in [0.717, 1.165) is 0 Å². The monoisotopic (exact) mass is 333 g/mol. The molecule has 0 aromatic heterocycles. The summed E-state index contributed by atoms with van der Waals surface area (Å²) in [6.45, 7) is 2.00. The number of carbonyl (C=O) groups is 2. The average Bonchev–Trinajstić information content (AvgIpc) is 2.57. The molecule has 0 aliphatic carbocycles. The maximum Gasteiger partial charge on any atom is 0.338 e. The van der Waals surface area contributed by atoms with Gasteiger partial charge in [0.05, 0.1) is 30.0 Å². The lowest BCUT2D eigenvalue weighted by Crippen LogP contribution is -2.13. The summed E-state index contributed by atoms with van der Waals surface area (Å²) in [6.07, 6.45) is 0. The number of hydrogen-bond donors (Lipinski definition) is 1. The lowest BCUT2D eigenvalue weighted by Gasteiger charge is -2.10. The summed E-state index contributed by atoms with van der Waals surface area (Å²) in [7, 11) is 1.55. The molecule has 1 N–H and O–H groups in total. The van der Waals surface area contributed by atoms with Gasteiger partial charge in [0, 0.05) is 5.56 Å². The number of methoxy groups -OCH3 is 1. The molecule has 0 spiro atoms. The van der Waals surface area contributed by atoms with E-state index in [2.05, 4.69) is 5.32 Å². The zero-order chi connectivity index (χ0) is 16.8. The Hall–Kier alpha value is -2.53.